The first-order chi connectivity index (χ1) is 12.2. The van der Waals surface area contributed by atoms with Crippen molar-refractivity contribution >= 4 is 10.9 Å². The number of hydrogen-bond donors (Lipinski definition) is 0. The van der Waals surface area contributed by atoms with Crippen LogP contribution in [0.5, 0.6) is 5.75 Å². The molecule has 1 aromatic heterocycles. The summed E-state index contributed by atoms with van der Waals surface area (Å²) in [7, 11) is 3.56. The Hall–Kier alpha value is -1.65. The summed E-state index contributed by atoms with van der Waals surface area (Å²) in [4.78, 5) is 7.19. The van der Waals surface area contributed by atoms with Crippen LogP contribution in [0, 0.1) is 11.8 Å². The number of benzene rings is 1. The summed E-state index contributed by atoms with van der Waals surface area (Å²) in [5, 5.41) is 1.14. The van der Waals surface area contributed by atoms with Crippen LogP contribution < -0.4 is 4.74 Å². The lowest BCUT2D eigenvalue weighted by Crippen LogP contribution is -2.55. The quantitative estimate of drug-likeness (QED) is 0.822. The van der Waals surface area contributed by atoms with Gasteiger partial charge < -0.3 is 9.47 Å². The molecule has 4 nitrogen and oxygen atoms in total. The normalized spacial score (nSPS) is 29.7. The number of piperidine rings is 3. The maximum absolute atomic E-state index is 6.07. The topological polar surface area (TPSA) is 34.6 Å². The van der Waals surface area contributed by atoms with Crippen molar-refractivity contribution < 1.29 is 9.47 Å². The zero-order chi connectivity index (χ0) is 17.4. The molecule has 4 unspecified atom stereocenters. The molecule has 3 saturated heterocycles. The highest BCUT2D eigenvalue weighted by atomic mass is 16.5. The fraction of sp³-hybridized carbons (Fsp3) is 0.571. The molecule has 3 aliphatic rings. The van der Waals surface area contributed by atoms with Crippen molar-refractivity contribution in [1.82, 2.24) is 9.88 Å². The number of pyridine rings is 1. The highest BCUT2D eigenvalue weighted by molar-refractivity contribution is 5.84. The van der Waals surface area contributed by atoms with Gasteiger partial charge in [0.2, 0.25) is 0 Å². The van der Waals surface area contributed by atoms with Gasteiger partial charge in [0.1, 0.15) is 5.75 Å². The van der Waals surface area contributed by atoms with E-state index >= 15 is 0 Å². The summed E-state index contributed by atoms with van der Waals surface area (Å²) in [6.45, 7) is 4.76. The van der Waals surface area contributed by atoms with E-state index in [0.717, 1.165) is 28.5 Å². The second-order valence-electron chi connectivity index (χ2n) is 7.45. The SMILES string of the molecule is CCC1CN2CCC1CC2[C@@H](OC)c1ccnc2ccc(OC)cc12. The monoisotopic (exact) mass is 340 g/mol. The molecule has 5 rings (SSSR count). The molecule has 1 aromatic carbocycles. The molecule has 0 aliphatic carbocycles. The van der Waals surface area contributed by atoms with Gasteiger partial charge in [0.05, 0.1) is 18.7 Å². The first-order valence-electron chi connectivity index (χ1n) is 9.44. The van der Waals surface area contributed by atoms with Crippen molar-refractivity contribution in [2.45, 2.75) is 38.3 Å². The van der Waals surface area contributed by atoms with Crippen LogP contribution in [-0.4, -0.2) is 43.2 Å². The molecule has 0 amide bonds. The molecule has 0 saturated carbocycles. The third kappa shape index (κ3) is 2.91. The molecular formula is C21H28N2O2. The van der Waals surface area contributed by atoms with E-state index in [-0.39, 0.29) is 6.10 Å². The van der Waals surface area contributed by atoms with Gasteiger partial charge in [-0.3, -0.25) is 9.88 Å². The zero-order valence-electron chi connectivity index (χ0n) is 15.4. The van der Waals surface area contributed by atoms with Crippen molar-refractivity contribution in [3.05, 3.63) is 36.0 Å². The van der Waals surface area contributed by atoms with Crippen molar-refractivity contribution in [2.24, 2.45) is 11.8 Å². The van der Waals surface area contributed by atoms with Gasteiger partial charge in [0.15, 0.2) is 0 Å². The van der Waals surface area contributed by atoms with E-state index in [9.17, 15) is 0 Å². The largest absolute Gasteiger partial charge is 0.497 e. The summed E-state index contributed by atoms with van der Waals surface area (Å²) < 4.78 is 11.5. The minimum Gasteiger partial charge on any atom is -0.497 e. The van der Waals surface area contributed by atoms with Crippen molar-refractivity contribution in [1.29, 1.82) is 0 Å². The first kappa shape index (κ1) is 16.8. The molecule has 3 fully saturated rings. The number of fused-ring (bicyclic) bond motifs is 4. The van der Waals surface area contributed by atoms with Gasteiger partial charge in [-0.05, 0) is 61.1 Å². The molecule has 0 radical (unpaired) electrons. The molecule has 4 heterocycles. The first-order valence-corrected chi connectivity index (χ1v) is 9.44. The van der Waals surface area contributed by atoms with Gasteiger partial charge in [-0.1, -0.05) is 13.3 Å². The van der Waals surface area contributed by atoms with E-state index in [2.05, 4.69) is 28.9 Å². The highest BCUT2D eigenvalue weighted by Crippen LogP contribution is 2.43. The molecular weight excluding hydrogens is 312 g/mol. The molecule has 0 spiro atoms. The highest BCUT2D eigenvalue weighted by Gasteiger charge is 2.43. The van der Waals surface area contributed by atoms with E-state index in [1.54, 1.807) is 7.11 Å². The smallest absolute Gasteiger partial charge is 0.119 e. The predicted octanol–water partition coefficient (Wildman–Crippen LogP) is 4.05. The van der Waals surface area contributed by atoms with E-state index in [4.69, 9.17) is 9.47 Å². The van der Waals surface area contributed by atoms with Crippen molar-refractivity contribution in [2.75, 3.05) is 27.3 Å². The molecule has 0 N–H and O–H groups in total. The van der Waals surface area contributed by atoms with E-state index < -0.39 is 0 Å². The maximum atomic E-state index is 6.07. The average Bonchev–Trinajstić information content (AvgIpc) is 2.68. The van der Waals surface area contributed by atoms with Crippen LogP contribution in [-0.2, 0) is 4.74 Å². The predicted molar refractivity (Wildman–Crippen MR) is 99.9 cm³/mol. The number of nitrogens with zero attached hydrogens (tertiary/aromatic N) is 2. The summed E-state index contributed by atoms with van der Waals surface area (Å²) in [5.74, 6) is 2.57. The molecule has 134 valence electrons. The Morgan fingerprint density at radius 1 is 1.28 bits per heavy atom. The van der Waals surface area contributed by atoms with E-state index in [0.29, 0.717) is 6.04 Å². The second-order valence-corrected chi connectivity index (χ2v) is 7.45. The van der Waals surface area contributed by atoms with Gasteiger partial charge in [0.25, 0.3) is 0 Å². The summed E-state index contributed by atoms with van der Waals surface area (Å²) >= 11 is 0. The molecule has 2 bridgehead atoms. The van der Waals surface area contributed by atoms with Gasteiger partial charge in [-0.15, -0.1) is 0 Å². The van der Waals surface area contributed by atoms with Crippen LogP contribution in [0.2, 0.25) is 0 Å². The lowest BCUT2D eigenvalue weighted by molar-refractivity contribution is -0.0698. The van der Waals surface area contributed by atoms with Crippen LogP contribution >= 0.6 is 0 Å². The van der Waals surface area contributed by atoms with Gasteiger partial charge in [-0.25, -0.2) is 0 Å². The summed E-state index contributed by atoms with van der Waals surface area (Å²) in [6, 6.07) is 8.68. The van der Waals surface area contributed by atoms with Crippen molar-refractivity contribution in [3.63, 3.8) is 0 Å². The van der Waals surface area contributed by atoms with Gasteiger partial charge in [-0.2, -0.15) is 0 Å². The molecule has 3 aliphatic heterocycles. The Bertz CT molecular complexity index is 748. The number of rotatable bonds is 5. The number of hydrogen-bond acceptors (Lipinski definition) is 4. The van der Waals surface area contributed by atoms with E-state index in [1.807, 2.05) is 25.4 Å². The van der Waals surface area contributed by atoms with Crippen LogP contribution in [0.4, 0.5) is 0 Å². The van der Waals surface area contributed by atoms with E-state index in [1.165, 1.54) is 37.9 Å². The van der Waals surface area contributed by atoms with Crippen LogP contribution in [0.1, 0.15) is 37.9 Å². The zero-order valence-corrected chi connectivity index (χ0v) is 15.4. The fourth-order valence-corrected chi connectivity index (χ4v) is 4.97. The number of methoxy groups -OCH3 is 2. The Morgan fingerprint density at radius 2 is 2.16 bits per heavy atom. The Morgan fingerprint density at radius 3 is 2.84 bits per heavy atom. The summed E-state index contributed by atoms with van der Waals surface area (Å²) in [5.41, 5.74) is 2.24. The minimum atomic E-state index is 0.0817. The van der Waals surface area contributed by atoms with Crippen LogP contribution in [0.25, 0.3) is 10.9 Å². The standard InChI is InChI=1S/C21H28N2O2/c1-4-14-13-23-10-8-15(14)11-20(23)21(25-3)17-7-9-22-19-6-5-16(24-2)12-18(17)19/h5-7,9,12,14-15,20-21H,4,8,10-11,13H2,1-3H3/t14?,15?,20?,21-/m0/s1. The number of aromatic nitrogens is 1. The van der Waals surface area contributed by atoms with Crippen molar-refractivity contribution in [3.8, 4) is 5.75 Å². The van der Waals surface area contributed by atoms with Gasteiger partial charge >= 0.3 is 0 Å². The molecule has 5 atom stereocenters. The minimum absolute atomic E-state index is 0.0817. The van der Waals surface area contributed by atoms with Gasteiger partial charge in [0, 0.05) is 31.3 Å². The molecule has 4 heteroatoms. The van der Waals surface area contributed by atoms with Crippen LogP contribution in [0.15, 0.2) is 30.5 Å². The third-order valence-corrected chi connectivity index (χ3v) is 6.35. The Balaban J connectivity index is 1.71. The fourth-order valence-electron chi connectivity index (χ4n) is 4.97. The maximum Gasteiger partial charge on any atom is 0.119 e. The lowest BCUT2D eigenvalue weighted by Gasteiger charge is -2.52. The van der Waals surface area contributed by atoms with Crippen LogP contribution in [0.3, 0.4) is 0 Å². The third-order valence-electron chi connectivity index (χ3n) is 6.35. The average molecular weight is 340 g/mol. The lowest BCUT2D eigenvalue weighted by atomic mass is 9.72. The molecule has 25 heavy (non-hydrogen) atoms. The second kappa shape index (κ2) is 6.93. The number of ether oxygens (including phenoxy) is 2. The summed E-state index contributed by atoms with van der Waals surface area (Å²) in [6.07, 6.45) is 5.86. The Kier molecular flexibility index (Phi) is 4.65. The Labute approximate surface area is 150 Å². The molecule has 2 aromatic rings.